The monoisotopic (exact) mass is 468 g/mol. The van der Waals surface area contributed by atoms with Crippen LogP contribution < -0.4 is 4.72 Å². The molecule has 1 aliphatic heterocycles. The predicted molar refractivity (Wildman–Crippen MR) is 125 cm³/mol. The number of aromatic amines is 1. The molecule has 2 fully saturated rings. The number of nitrogens with one attached hydrogen (secondary N) is 2. The number of hydrogen-bond donors (Lipinski definition) is 2. The Kier molecular flexibility index (Phi) is 6.18. The quantitative estimate of drug-likeness (QED) is 0.599. The fourth-order valence-electron chi connectivity index (χ4n) is 4.67. The molecular formula is C24H28N4O4S. The summed E-state index contributed by atoms with van der Waals surface area (Å²) < 4.78 is 34.3. The number of imidazole rings is 1. The number of fused-ring (bicyclic) bond motifs is 1. The highest BCUT2D eigenvalue weighted by molar-refractivity contribution is 7.89. The summed E-state index contributed by atoms with van der Waals surface area (Å²) in [7, 11) is -3.68. The first kappa shape index (κ1) is 22.1. The third-order valence-corrected chi connectivity index (χ3v) is 8.05. The number of morpholine rings is 1. The Morgan fingerprint density at radius 1 is 1.03 bits per heavy atom. The predicted octanol–water partition coefficient (Wildman–Crippen LogP) is 2.93. The van der Waals surface area contributed by atoms with Crippen LogP contribution >= 0.6 is 0 Å². The second-order valence-electron chi connectivity index (χ2n) is 8.74. The molecule has 2 N–H and O–H groups in total. The molecule has 0 unspecified atom stereocenters. The van der Waals surface area contributed by atoms with Crippen LogP contribution in [0.2, 0.25) is 0 Å². The molecule has 0 radical (unpaired) electrons. The van der Waals surface area contributed by atoms with Crippen LogP contribution in [0.4, 0.5) is 0 Å². The van der Waals surface area contributed by atoms with Crippen LogP contribution in [0.3, 0.4) is 0 Å². The molecular weight excluding hydrogens is 440 g/mol. The minimum atomic E-state index is -3.68. The average molecular weight is 469 g/mol. The highest BCUT2D eigenvalue weighted by atomic mass is 32.2. The summed E-state index contributed by atoms with van der Waals surface area (Å²) >= 11 is 0. The fourth-order valence-corrected chi connectivity index (χ4v) is 6.00. The van der Waals surface area contributed by atoms with E-state index >= 15 is 0 Å². The van der Waals surface area contributed by atoms with Gasteiger partial charge in [-0.15, -0.1) is 0 Å². The van der Waals surface area contributed by atoms with E-state index in [0.717, 1.165) is 11.1 Å². The zero-order valence-electron chi connectivity index (χ0n) is 18.4. The number of sulfonamides is 1. The number of carbonyl (C=O) groups is 1. The van der Waals surface area contributed by atoms with Crippen molar-refractivity contribution < 1.29 is 17.9 Å². The molecule has 0 bridgehead atoms. The molecule has 9 heteroatoms. The number of ether oxygens (including phenoxy) is 1. The average Bonchev–Trinajstić information content (AvgIpc) is 3.29. The summed E-state index contributed by atoms with van der Waals surface area (Å²) in [6.45, 7) is 2.47. The Labute approximate surface area is 193 Å². The van der Waals surface area contributed by atoms with Crippen LogP contribution in [0.1, 0.15) is 25.7 Å². The summed E-state index contributed by atoms with van der Waals surface area (Å²) in [5.41, 5.74) is 2.34. The van der Waals surface area contributed by atoms with Gasteiger partial charge >= 0.3 is 0 Å². The number of rotatable bonds is 5. The van der Waals surface area contributed by atoms with Crippen LogP contribution in [-0.2, 0) is 19.6 Å². The lowest BCUT2D eigenvalue weighted by Crippen LogP contribution is -2.46. The largest absolute Gasteiger partial charge is 0.378 e. The van der Waals surface area contributed by atoms with E-state index < -0.39 is 10.0 Å². The normalized spacial score (nSPS) is 21.9. The lowest BCUT2D eigenvalue weighted by Gasteiger charge is -2.34. The van der Waals surface area contributed by atoms with Crippen molar-refractivity contribution in [3.8, 4) is 11.4 Å². The van der Waals surface area contributed by atoms with Gasteiger partial charge < -0.3 is 14.6 Å². The van der Waals surface area contributed by atoms with Crippen molar-refractivity contribution in [3.05, 3.63) is 48.5 Å². The Morgan fingerprint density at radius 3 is 2.48 bits per heavy atom. The van der Waals surface area contributed by atoms with E-state index in [9.17, 15) is 13.2 Å². The highest BCUT2D eigenvalue weighted by Crippen LogP contribution is 2.28. The van der Waals surface area contributed by atoms with Gasteiger partial charge in [0.25, 0.3) is 0 Å². The summed E-state index contributed by atoms with van der Waals surface area (Å²) in [4.78, 5) is 22.6. The van der Waals surface area contributed by atoms with Gasteiger partial charge in [-0.1, -0.05) is 30.3 Å². The minimum absolute atomic E-state index is 0.0272. The van der Waals surface area contributed by atoms with Gasteiger partial charge in [0.05, 0.1) is 29.1 Å². The number of amides is 1. The van der Waals surface area contributed by atoms with E-state index in [1.165, 1.54) is 0 Å². The molecule has 174 valence electrons. The van der Waals surface area contributed by atoms with E-state index in [0.29, 0.717) is 63.3 Å². The van der Waals surface area contributed by atoms with Crippen LogP contribution in [0.25, 0.3) is 22.4 Å². The van der Waals surface area contributed by atoms with Crippen molar-refractivity contribution in [2.75, 3.05) is 26.3 Å². The van der Waals surface area contributed by atoms with Crippen molar-refractivity contribution in [2.24, 2.45) is 5.92 Å². The van der Waals surface area contributed by atoms with Gasteiger partial charge in [-0.05, 0) is 43.9 Å². The molecule has 1 aromatic heterocycles. The molecule has 1 amide bonds. The Balaban J connectivity index is 1.24. The fraction of sp³-hybridized carbons (Fsp3) is 0.417. The third kappa shape index (κ3) is 4.80. The molecule has 2 aromatic carbocycles. The summed E-state index contributed by atoms with van der Waals surface area (Å²) in [5.74, 6) is 0.856. The van der Waals surface area contributed by atoms with E-state index in [-0.39, 0.29) is 22.8 Å². The molecule has 33 heavy (non-hydrogen) atoms. The lowest BCUT2D eigenvalue weighted by atomic mass is 9.85. The smallest absolute Gasteiger partial charge is 0.240 e. The van der Waals surface area contributed by atoms with Crippen molar-refractivity contribution in [1.29, 1.82) is 0 Å². The van der Waals surface area contributed by atoms with Crippen LogP contribution in [0.5, 0.6) is 0 Å². The first-order chi connectivity index (χ1) is 16.0. The van der Waals surface area contributed by atoms with Gasteiger partial charge in [0.15, 0.2) is 0 Å². The molecule has 0 spiro atoms. The van der Waals surface area contributed by atoms with E-state index in [1.54, 1.807) is 18.2 Å². The minimum Gasteiger partial charge on any atom is -0.378 e. The standard InChI is InChI=1S/C24H28N4O4S/c29-24(28-12-14-32-15-13-28)18-6-8-19(9-7-18)27-33(30,31)20-10-11-21-22(16-20)26-23(25-21)17-4-2-1-3-5-17/h1-5,10-11,16,18-19,27H,6-9,12-15H2,(H,25,26). The second-order valence-corrected chi connectivity index (χ2v) is 10.5. The SMILES string of the molecule is O=C(C1CCC(NS(=O)(=O)c2ccc3[nH]c(-c4ccccc4)nc3c2)CC1)N1CCOCC1. The van der Waals surface area contributed by atoms with Crippen molar-refractivity contribution >= 4 is 27.0 Å². The first-order valence-electron chi connectivity index (χ1n) is 11.4. The first-order valence-corrected chi connectivity index (χ1v) is 12.9. The van der Waals surface area contributed by atoms with Gasteiger partial charge in [-0.2, -0.15) is 0 Å². The molecule has 2 heterocycles. The van der Waals surface area contributed by atoms with Gasteiger partial charge in [-0.25, -0.2) is 18.1 Å². The Morgan fingerprint density at radius 2 is 1.76 bits per heavy atom. The number of H-pyrrole nitrogens is 1. The van der Waals surface area contributed by atoms with Crippen LogP contribution in [-0.4, -0.2) is 61.5 Å². The molecule has 8 nitrogen and oxygen atoms in total. The maximum atomic E-state index is 13.0. The van der Waals surface area contributed by atoms with Crippen LogP contribution in [0.15, 0.2) is 53.4 Å². The maximum Gasteiger partial charge on any atom is 0.240 e. The molecule has 5 rings (SSSR count). The Hall–Kier alpha value is -2.75. The lowest BCUT2D eigenvalue weighted by molar-refractivity contribution is -0.140. The zero-order valence-corrected chi connectivity index (χ0v) is 19.2. The summed E-state index contributed by atoms with van der Waals surface area (Å²) in [6.07, 6.45) is 2.70. The number of nitrogens with zero attached hydrogens (tertiary/aromatic N) is 2. The Bertz CT molecular complexity index is 1230. The molecule has 0 atom stereocenters. The number of benzene rings is 2. The van der Waals surface area contributed by atoms with Crippen molar-refractivity contribution in [1.82, 2.24) is 19.6 Å². The second kappa shape index (κ2) is 9.24. The molecule has 2 aliphatic rings. The molecule has 1 aliphatic carbocycles. The van der Waals surface area contributed by atoms with Gasteiger partial charge in [0.1, 0.15) is 5.82 Å². The molecule has 1 saturated carbocycles. The van der Waals surface area contributed by atoms with Gasteiger partial charge in [-0.3, -0.25) is 4.79 Å². The van der Waals surface area contributed by atoms with Gasteiger partial charge in [0, 0.05) is 30.6 Å². The maximum absolute atomic E-state index is 13.0. The van der Waals surface area contributed by atoms with Crippen molar-refractivity contribution in [3.63, 3.8) is 0 Å². The van der Waals surface area contributed by atoms with Crippen LogP contribution in [0, 0.1) is 5.92 Å². The van der Waals surface area contributed by atoms with E-state index in [4.69, 9.17) is 4.74 Å². The number of hydrogen-bond acceptors (Lipinski definition) is 5. The molecule has 1 saturated heterocycles. The summed E-state index contributed by atoms with van der Waals surface area (Å²) in [5, 5.41) is 0. The third-order valence-electron chi connectivity index (χ3n) is 6.53. The zero-order chi connectivity index (χ0) is 22.8. The number of aromatic nitrogens is 2. The van der Waals surface area contributed by atoms with E-state index in [1.807, 2.05) is 35.2 Å². The topological polar surface area (TPSA) is 104 Å². The van der Waals surface area contributed by atoms with Gasteiger partial charge in [0.2, 0.25) is 15.9 Å². The summed E-state index contributed by atoms with van der Waals surface area (Å²) in [6, 6.07) is 14.5. The van der Waals surface area contributed by atoms with E-state index in [2.05, 4.69) is 14.7 Å². The number of carbonyl (C=O) groups excluding carboxylic acids is 1. The van der Waals surface area contributed by atoms with Crippen molar-refractivity contribution in [2.45, 2.75) is 36.6 Å². The molecule has 3 aromatic rings. The highest BCUT2D eigenvalue weighted by Gasteiger charge is 2.32.